The maximum absolute atomic E-state index is 13.1. The summed E-state index contributed by atoms with van der Waals surface area (Å²) < 4.78 is 25.8. The van der Waals surface area contributed by atoms with E-state index >= 15 is 0 Å². The summed E-state index contributed by atoms with van der Waals surface area (Å²) in [5.74, 6) is -2.04. The van der Waals surface area contributed by atoms with Crippen LogP contribution >= 0.6 is 11.6 Å². The molecule has 0 aliphatic carbocycles. The van der Waals surface area contributed by atoms with Crippen LogP contribution in [0.15, 0.2) is 18.2 Å². The Morgan fingerprint density at radius 1 is 1.53 bits per heavy atom. The lowest BCUT2D eigenvalue weighted by Gasteiger charge is -2.09. The van der Waals surface area contributed by atoms with Gasteiger partial charge >= 0.3 is 0 Å². The smallest absolute Gasteiger partial charge is 0.228 e. The number of rotatable bonds is 3. The van der Waals surface area contributed by atoms with Crippen molar-refractivity contribution in [3.05, 3.63) is 29.8 Å². The fourth-order valence-electron chi connectivity index (χ4n) is 0.919. The third-order valence-corrected chi connectivity index (χ3v) is 2.33. The van der Waals surface area contributed by atoms with E-state index < -0.39 is 23.5 Å². The number of benzene rings is 1. The van der Waals surface area contributed by atoms with E-state index in [4.69, 9.17) is 11.6 Å². The van der Waals surface area contributed by atoms with Gasteiger partial charge in [0.05, 0.1) is 5.69 Å². The Morgan fingerprint density at radius 3 is 2.80 bits per heavy atom. The molecule has 0 bridgehead atoms. The van der Waals surface area contributed by atoms with E-state index in [1.165, 1.54) is 0 Å². The summed E-state index contributed by atoms with van der Waals surface area (Å²) in [6, 6.07) is 2.86. The van der Waals surface area contributed by atoms with Gasteiger partial charge in [-0.15, -0.1) is 11.6 Å². The van der Waals surface area contributed by atoms with Crippen LogP contribution in [0.1, 0.15) is 6.92 Å². The number of alkyl halides is 1. The molecule has 1 unspecified atom stereocenters. The van der Waals surface area contributed by atoms with Crippen LogP contribution in [0.4, 0.5) is 14.5 Å². The fourth-order valence-corrected chi connectivity index (χ4v) is 1.06. The first-order valence-corrected chi connectivity index (χ1v) is 4.90. The van der Waals surface area contributed by atoms with Gasteiger partial charge in [-0.25, -0.2) is 8.78 Å². The van der Waals surface area contributed by atoms with Crippen LogP contribution in [-0.4, -0.2) is 11.8 Å². The number of anilines is 1. The zero-order valence-corrected chi connectivity index (χ0v) is 8.81. The van der Waals surface area contributed by atoms with E-state index in [1.807, 2.05) is 0 Å². The van der Waals surface area contributed by atoms with Crippen molar-refractivity contribution in [2.24, 2.45) is 5.92 Å². The normalized spacial score (nSPS) is 12.3. The van der Waals surface area contributed by atoms with Gasteiger partial charge in [-0.3, -0.25) is 4.79 Å². The summed E-state index contributed by atoms with van der Waals surface area (Å²) in [5, 5.41) is 2.26. The quantitative estimate of drug-likeness (QED) is 0.800. The fraction of sp³-hybridized carbons (Fsp3) is 0.300. The molecule has 0 heterocycles. The molecule has 0 aliphatic rings. The summed E-state index contributed by atoms with van der Waals surface area (Å²) in [5.41, 5.74) is -0.169. The molecule has 1 N–H and O–H groups in total. The number of nitrogens with one attached hydrogen (secondary N) is 1. The van der Waals surface area contributed by atoms with Crippen molar-refractivity contribution in [1.82, 2.24) is 0 Å². The third-order valence-electron chi connectivity index (χ3n) is 1.87. The molecule has 0 fully saturated rings. The van der Waals surface area contributed by atoms with Crippen LogP contribution in [0.25, 0.3) is 0 Å². The molecule has 15 heavy (non-hydrogen) atoms. The first-order valence-electron chi connectivity index (χ1n) is 4.36. The number of halogens is 3. The van der Waals surface area contributed by atoms with Crippen LogP contribution in [0.5, 0.6) is 0 Å². The second kappa shape index (κ2) is 5.07. The largest absolute Gasteiger partial charge is 0.323 e. The topological polar surface area (TPSA) is 29.1 Å². The van der Waals surface area contributed by atoms with E-state index in [0.717, 1.165) is 18.2 Å². The van der Waals surface area contributed by atoms with Gasteiger partial charge in [-0.05, 0) is 12.1 Å². The second-order valence-electron chi connectivity index (χ2n) is 3.17. The van der Waals surface area contributed by atoms with E-state index in [2.05, 4.69) is 5.32 Å². The second-order valence-corrected chi connectivity index (χ2v) is 3.48. The molecule has 2 nitrogen and oxygen atoms in total. The first kappa shape index (κ1) is 11.9. The molecule has 1 aromatic carbocycles. The van der Waals surface area contributed by atoms with Crippen molar-refractivity contribution >= 4 is 23.2 Å². The number of carbonyl (C=O) groups is 1. The highest BCUT2D eigenvalue weighted by molar-refractivity contribution is 6.19. The average Bonchev–Trinajstić information content (AvgIpc) is 2.22. The molecule has 0 aliphatic heterocycles. The lowest BCUT2D eigenvalue weighted by Crippen LogP contribution is -2.22. The third kappa shape index (κ3) is 3.16. The lowest BCUT2D eigenvalue weighted by atomic mass is 10.2. The Kier molecular flexibility index (Phi) is 4.03. The molecule has 82 valence electrons. The van der Waals surface area contributed by atoms with Gasteiger partial charge in [0.1, 0.15) is 11.6 Å². The average molecular weight is 234 g/mol. The zero-order valence-electron chi connectivity index (χ0n) is 8.06. The predicted octanol–water partition coefficient (Wildman–Crippen LogP) is 2.78. The highest BCUT2D eigenvalue weighted by Crippen LogP contribution is 2.16. The van der Waals surface area contributed by atoms with Gasteiger partial charge < -0.3 is 5.32 Å². The Balaban J connectivity index is 2.80. The molecular weight excluding hydrogens is 224 g/mol. The maximum atomic E-state index is 13.1. The minimum Gasteiger partial charge on any atom is -0.323 e. The van der Waals surface area contributed by atoms with Crippen LogP contribution < -0.4 is 5.32 Å². The minimum absolute atomic E-state index is 0.128. The number of amides is 1. The Hall–Kier alpha value is -1.16. The van der Waals surface area contributed by atoms with Crippen LogP contribution in [0.2, 0.25) is 0 Å². The molecule has 0 saturated heterocycles. The summed E-state index contributed by atoms with van der Waals surface area (Å²) in [4.78, 5) is 11.3. The summed E-state index contributed by atoms with van der Waals surface area (Å²) >= 11 is 5.46. The number of hydrogen-bond donors (Lipinski definition) is 1. The van der Waals surface area contributed by atoms with Crippen molar-refractivity contribution in [3.63, 3.8) is 0 Å². The van der Waals surface area contributed by atoms with Gasteiger partial charge in [0.15, 0.2) is 0 Å². The molecule has 1 aromatic rings. The molecule has 0 radical (unpaired) electrons. The van der Waals surface area contributed by atoms with Gasteiger partial charge in [0.25, 0.3) is 0 Å². The maximum Gasteiger partial charge on any atom is 0.228 e. The van der Waals surface area contributed by atoms with Crippen molar-refractivity contribution < 1.29 is 13.6 Å². The molecule has 1 amide bonds. The highest BCUT2D eigenvalue weighted by atomic mass is 35.5. The van der Waals surface area contributed by atoms with Gasteiger partial charge in [0.2, 0.25) is 5.91 Å². The van der Waals surface area contributed by atoms with Crippen molar-refractivity contribution in [2.75, 3.05) is 11.2 Å². The molecule has 0 spiro atoms. The zero-order chi connectivity index (χ0) is 11.4. The minimum atomic E-state index is -0.675. The Labute approximate surface area is 91.2 Å². The number of hydrogen-bond acceptors (Lipinski definition) is 1. The van der Waals surface area contributed by atoms with E-state index in [1.54, 1.807) is 6.92 Å². The van der Waals surface area contributed by atoms with E-state index in [0.29, 0.717) is 0 Å². The van der Waals surface area contributed by atoms with Gasteiger partial charge in [0, 0.05) is 17.9 Å². The first-order chi connectivity index (χ1) is 7.04. The highest BCUT2D eigenvalue weighted by Gasteiger charge is 2.13. The Morgan fingerprint density at radius 2 is 2.20 bits per heavy atom. The van der Waals surface area contributed by atoms with E-state index in [9.17, 15) is 13.6 Å². The van der Waals surface area contributed by atoms with Gasteiger partial charge in [-0.2, -0.15) is 0 Å². The monoisotopic (exact) mass is 233 g/mol. The standard InChI is InChI=1S/C10H10ClF2NO/c1-6(5-11)10(15)14-9-4-7(12)2-3-8(9)13/h2-4,6H,5H2,1H3,(H,14,15). The van der Waals surface area contributed by atoms with Crippen molar-refractivity contribution in [3.8, 4) is 0 Å². The van der Waals surface area contributed by atoms with Crippen LogP contribution in [-0.2, 0) is 4.79 Å². The lowest BCUT2D eigenvalue weighted by molar-refractivity contribution is -0.118. The summed E-state index contributed by atoms with van der Waals surface area (Å²) in [6.07, 6.45) is 0. The number of carbonyl (C=O) groups excluding carboxylic acids is 1. The molecule has 0 aromatic heterocycles. The molecule has 5 heteroatoms. The summed E-state index contributed by atoms with van der Waals surface area (Å²) in [6.45, 7) is 1.60. The van der Waals surface area contributed by atoms with E-state index in [-0.39, 0.29) is 11.6 Å². The van der Waals surface area contributed by atoms with Crippen molar-refractivity contribution in [1.29, 1.82) is 0 Å². The SMILES string of the molecule is CC(CCl)C(=O)Nc1cc(F)ccc1F. The molecular formula is C10H10ClF2NO. The van der Waals surface area contributed by atoms with Crippen molar-refractivity contribution in [2.45, 2.75) is 6.92 Å². The Bertz CT molecular complexity index is 370. The van der Waals surface area contributed by atoms with Crippen LogP contribution in [0.3, 0.4) is 0 Å². The molecule has 1 atom stereocenters. The van der Waals surface area contributed by atoms with Crippen LogP contribution in [0, 0.1) is 17.6 Å². The molecule has 0 saturated carbocycles. The predicted molar refractivity (Wildman–Crippen MR) is 54.9 cm³/mol. The van der Waals surface area contributed by atoms with Gasteiger partial charge in [-0.1, -0.05) is 6.92 Å². The molecule has 1 rings (SSSR count). The summed E-state index contributed by atoms with van der Waals surface area (Å²) in [7, 11) is 0.